The normalized spacial score (nSPS) is 22.1. The largest absolute Gasteiger partial charge is 0.375 e. The van der Waals surface area contributed by atoms with Crippen LogP contribution in [-0.4, -0.2) is 19.7 Å². The molecule has 0 radical (unpaired) electrons. The van der Waals surface area contributed by atoms with Crippen LogP contribution in [0.4, 0.5) is 5.13 Å². The number of hydrogen-bond donors (Lipinski definition) is 3. The summed E-state index contributed by atoms with van der Waals surface area (Å²) in [6, 6.07) is 0. The lowest BCUT2D eigenvalue weighted by Gasteiger charge is -2.05. The standard InChI is InChI=1S/C8H11N3O2S3/c1-16(12,13)11-6-2-3-15(5-6)7-4-10-8(9)14-7/h2-5,11,15H,1H3,(H2,9,10). The summed E-state index contributed by atoms with van der Waals surface area (Å²) >= 11 is 1.43. The van der Waals surface area contributed by atoms with Crippen molar-refractivity contribution in [2.45, 2.75) is 4.21 Å². The van der Waals surface area contributed by atoms with Crippen molar-refractivity contribution < 1.29 is 8.42 Å². The van der Waals surface area contributed by atoms with Gasteiger partial charge in [-0.3, -0.25) is 4.72 Å². The Balaban J connectivity index is 2.16. The molecule has 1 aromatic heterocycles. The number of nitrogens with two attached hydrogens (primary N) is 1. The van der Waals surface area contributed by atoms with E-state index in [9.17, 15) is 8.42 Å². The van der Waals surface area contributed by atoms with Gasteiger partial charge in [0.05, 0.1) is 22.4 Å². The van der Waals surface area contributed by atoms with E-state index in [1.165, 1.54) is 11.3 Å². The molecule has 16 heavy (non-hydrogen) atoms. The molecule has 1 atom stereocenters. The first-order chi connectivity index (χ1) is 7.44. The molecule has 0 spiro atoms. The van der Waals surface area contributed by atoms with Crippen molar-refractivity contribution in [3.05, 3.63) is 28.8 Å². The number of anilines is 1. The lowest BCUT2D eigenvalue weighted by atomic mass is 10.5. The minimum Gasteiger partial charge on any atom is -0.375 e. The number of allylic oxidation sites excluding steroid dienone is 1. The molecule has 1 aliphatic rings. The Hall–Kier alpha value is -0.990. The molecule has 0 saturated carbocycles. The van der Waals surface area contributed by atoms with Crippen molar-refractivity contribution in [2.75, 3.05) is 12.0 Å². The highest BCUT2D eigenvalue weighted by atomic mass is 32.2. The van der Waals surface area contributed by atoms with Crippen LogP contribution >= 0.6 is 22.2 Å². The molecule has 0 fully saturated rings. The van der Waals surface area contributed by atoms with Gasteiger partial charge in [0.25, 0.3) is 0 Å². The van der Waals surface area contributed by atoms with Crippen LogP contribution < -0.4 is 10.5 Å². The smallest absolute Gasteiger partial charge is 0.229 e. The molecule has 0 saturated heterocycles. The first-order valence-corrected chi connectivity index (χ1v) is 8.50. The molecule has 3 N–H and O–H groups in total. The van der Waals surface area contributed by atoms with Crippen LogP contribution in [0.25, 0.3) is 0 Å². The zero-order chi connectivity index (χ0) is 11.8. The molecule has 0 aromatic carbocycles. The Morgan fingerprint density at radius 1 is 1.56 bits per heavy atom. The molecule has 8 heteroatoms. The predicted molar refractivity (Wildman–Crippen MR) is 69.0 cm³/mol. The maximum Gasteiger partial charge on any atom is 0.229 e. The van der Waals surface area contributed by atoms with Gasteiger partial charge in [-0.2, -0.15) is 10.9 Å². The van der Waals surface area contributed by atoms with Crippen molar-refractivity contribution >= 4 is 37.4 Å². The summed E-state index contributed by atoms with van der Waals surface area (Å²) < 4.78 is 25.6. The Kier molecular flexibility index (Phi) is 2.96. The monoisotopic (exact) mass is 277 g/mol. The van der Waals surface area contributed by atoms with E-state index in [0.29, 0.717) is 10.8 Å². The zero-order valence-corrected chi connectivity index (χ0v) is 10.9. The summed E-state index contributed by atoms with van der Waals surface area (Å²) in [5, 5.41) is 4.39. The topological polar surface area (TPSA) is 85.1 Å². The lowest BCUT2D eigenvalue weighted by molar-refractivity contribution is 0.595. The Labute approximate surface area is 100 Å². The van der Waals surface area contributed by atoms with Crippen molar-refractivity contribution in [1.82, 2.24) is 9.71 Å². The third kappa shape index (κ3) is 2.77. The van der Waals surface area contributed by atoms with Gasteiger partial charge in [0.1, 0.15) is 0 Å². The second kappa shape index (κ2) is 4.11. The maximum absolute atomic E-state index is 11.0. The lowest BCUT2D eigenvalue weighted by Crippen LogP contribution is -2.19. The molecular weight excluding hydrogens is 266 g/mol. The average molecular weight is 277 g/mol. The highest BCUT2D eigenvalue weighted by Crippen LogP contribution is 2.46. The van der Waals surface area contributed by atoms with E-state index >= 15 is 0 Å². The van der Waals surface area contributed by atoms with E-state index in [0.717, 1.165) is 10.5 Å². The van der Waals surface area contributed by atoms with Crippen LogP contribution in [0, 0.1) is 0 Å². The highest BCUT2D eigenvalue weighted by molar-refractivity contribution is 8.23. The molecular formula is C8H11N3O2S3. The first-order valence-electron chi connectivity index (χ1n) is 4.31. The van der Waals surface area contributed by atoms with Gasteiger partial charge in [-0.15, -0.1) is 0 Å². The number of rotatable bonds is 3. The van der Waals surface area contributed by atoms with E-state index in [4.69, 9.17) is 5.73 Å². The van der Waals surface area contributed by atoms with Gasteiger partial charge in [0, 0.05) is 0 Å². The third-order valence-corrected chi connectivity index (χ3v) is 5.55. The molecule has 0 amide bonds. The van der Waals surface area contributed by atoms with Crippen molar-refractivity contribution in [3.8, 4) is 0 Å². The number of nitrogen functional groups attached to an aromatic ring is 1. The maximum atomic E-state index is 11.0. The van der Waals surface area contributed by atoms with Crippen molar-refractivity contribution in [3.63, 3.8) is 0 Å². The van der Waals surface area contributed by atoms with Crippen LogP contribution in [0.3, 0.4) is 0 Å². The summed E-state index contributed by atoms with van der Waals surface area (Å²) in [7, 11) is -3.81. The first kappa shape index (κ1) is 11.5. The molecule has 0 bridgehead atoms. The van der Waals surface area contributed by atoms with Crippen LogP contribution in [0.2, 0.25) is 0 Å². The van der Waals surface area contributed by atoms with Gasteiger partial charge in [-0.1, -0.05) is 11.3 Å². The van der Waals surface area contributed by atoms with Crippen LogP contribution in [0.15, 0.2) is 33.0 Å². The summed E-state index contributed by atoms with van der Waals surface area (Å²) in [6.45, 7) is 0. The highest BCUT2D eigenvalue weighted by Gasteiger charge is 2.13. The summed E-state index contributed by atoms with van der Waals surface area (Å²) in [4.78, 5) is 3.97. The van der Waals surface area contributed by atoms with Crippen LogP contribution in [-0.2, 0) is 10.0 Å². The van der Waals surface area contributed by atoms with E-state index in [-0.39, 0.29) is 0 Å². The fraction of sp³-hybridized carbons (Fsp3) is 0.125. The zero-order valence-electron chi connectivity index (χ0n) is 8.41. The number of thiazole rings is 1. The quantitative estimate of drug-likeness (QED) is 0.720. The number of aromatic nitrogens is 1. The summed E-state index contributed by atoms with van der Waals surface area (Å²) in [6.07, 6.45) is 4.63. The Morgan fingerprint density at radius 3 is 2.88 bits per heavy atom. The minimum atomic E-state index is -3.20. The fourth-order valence-electron chi connectivity index (χ4n) is 1.21. The van der Waals surface area contributed by atoms with Gasteiger partial charge < -0.3 is 5.73 Å². The van der Waals surface area contributed by atoms with Gasteiger partial charge in [-0.05, 0) is 16.9 Å². The van der Waals surface area contributed by atoms with E-state index in [1.807, 2.05) is 10.8 Å². The summed E-state index contributed by atoms with van der Waals surface area (Å²) in [5.74, 6) is 0. The fourth-order valence-corrected chi connectivity index (χ4v) is 4.64. The van der Waals surface area contributed by atoms with Gasteiger partial charge in [0.2, 0.25) is 10.0 Å². The van der Waals surface area contributed by atoms with Crippen molar-refractivity contribution in [2.24, 2.45) is 0 Å². The predicted octanol–water partition coefficient (Wildman–Crippen LogP) is 1.00. The molecule has 1 aliphatic heterocycles. The molecule has 88 valence electrons. The molecule has 5 nitrogen and oxygen atoms in total. The summed E-state index contributed by atoms with van der Waals surface area (Å²) in [5.41, 5.74) is 6.16. The average Bonchev–Trinajstić information content (AvgIpc) is 2.71. The second-order valence-corrected chi connectivity index (χ2v) is 8.18. The molecule has 1 aromatic rings. The molecule has 2 rings (SSSR count). The van der Waals surface area contributed by atoms with E-state index in [2.05, 4.69) is 9.71 Å². The number of nitrogens with one attached hydrogen (secondary N) is 1. The molecule has 0 aliphatic carbocycles. The van der Waals surface area contributed by atoms with Gasteiger partial charge in [-0.25, -0.2) is 13.4 Å². The van der Waals surface area contributed by atoms with E-state index < -0.39 is 20.9 Å². The molecule has 2 heterocycles. The van der Waals surface area contributed by atoms with Crippen LogP contribution in [0.5, 0.6) is 0 Å². The number of hydrogen-bond acceptors (Lipinski definition) is 5. The number of thiol groups is 1. The SMILES string of the molecule is CS(=O)(=O)NC1=C[SH](c2cnc(N)s2)C=C1. The van der Waals surface area contributed by atoms with Gasteiger partial charge in [0.15, 0.2) is 5.13 Å². The van der Waals surface area contributed by atoms with Crippen LogP contribution in [0.1, 0.15) is 0 Å². The molecule has 1 unspecified atom stereocenters. The van der Waals surface area contributed by atoms with E-state index in [1.54, 1.807) is 12.3 Å². The number of nitrogens with zero attached hydrogens (tertiary/aromatic N) is 1. The van der Waals surface area contributed by atoms with Crippen molar-refractivity contribution in [1.29, 1.82) is 0 Å². The van der Waals surface area contributed by atoms with Gasteiger partial charge >= 0.3 is 0 Å². The minimum absolute atomic E-state index is 0.531. The Bertz CT molecular complexity index is 559. The Morgan fingerprint density at radius 2 is 2.31 bits per heavy atom. The third-order valence-electron chi connectivity index (χ3n) is 1.76. The number of sulfonamides is 1. The second-order valence-electron chi connectivity index (χ2n) is 3.22.